The first-order chi connectivity index (χ1) is 7.90. The van der Waals surface area contributed by atoms with Gasteiger partial charge >= 0.3 is 0 Å². The molecular formula is C15H31NO. The summed E-state index contributed by atoms with van der Waals surface area (Å²) in [6.45, 7) is 10.9. The third-order valence-electron chi connectivity index (χ3n) is 3.78. The van der Waals surface area contributed by atoms with Gasteiger partial charge in [-0.15, -0.1) is 0 Å². The maximum absolute atomic E-state index is 11.4. The van der Waals surface area contributed by atoms with E-state index in [1.54, 1.807) is 6.92 Å². The van der Waals surface area contributed by atoms with Crippen LogP contribution in [-0.4, -0.2) is 18.9 Å². The molecule has 0 aromatic heterocycles. The Labute approximate surface area is 108 Å². The summed E-state index contributed by atoms with van der Waals surface area (Å²) in [6.07, 6.45) is 4.78. The van der Waals surface area contributed by atoms with Crippen molar-refractivity contribution in [3.63, 3.8) is 0 Å². The summed E-state index contributed by atoms with van der Waals surface area (Å²) in [7, 11) is 1.88. The maximum atomic E-state index is 11.4. The van der Waals surface area contributed by atoms with Crippen LogP contribution in [0.5, 0.6) is 0 Å². The highest BCUT2D eigenvalue weighted by atomic mass is 16.1. The lowest BCUT2D eigenvalue weighted by molar-refractivity contribution is -0.119. The molecule has 4 atom stereocenters. The number of rotatable bonds is 9. The van der Waals surface area contributed by atoms with Gasteiger partial charge in [0.15, 0.2) is 0 Å². The first-order valence-corrected chi connectivity index (χ1v) is 7.08. The van der Waals surface area contributed by atoms with Crippen molar-refractivity contribution in [2.24, 2.45) is 17.8 Å². The predicted molar refractivity (Wildman–Crippen MR) is 75.2 cm³/mol. The molecule has 1 N–H and O–H groups in total. The van der Waals surface area contributed by atoms with E-state index in [2.05, 4.69) is 33.0 Å². The zero-order valence-corrected chi connectivity index (χ0v) is 12.5. The van der Waals surface area contributed by atoms with Gasteiger partial charge in [0.2, 0.25) is 0 Å². The van der Waals surface area contributed by atoms with Crippen molar-refractivity contribution in [1.82, 2.24) is 5.32 Å². The minimum Gasteiger partial charge on any atom is -0.311 e. The molecule has 0 aliphatic rings. The van der Waals surface area contributed by atoms with E-state index in [9.17, 15) is 4.79 Å². The summed E-state index contributed by atoms with van der Waals surface area (Å²) in [5.74, 6) is 2.47. The molecule has 0 spiro atoms. The second-order valence-electron chi connectivity index (χ2n) is 5.88. The number of hydrogen-bond donors (Lipinski definition) is 1. The highest BCUT2D eigenvalue weighted by molar-refractivity contribution is 5.81. The SMILES string of the molecule is CC[C@H](C)C[C@H](C)C[C@H](C)C[C@H](NC)C(C)=O. The van der Waals surface area contributed by atoms with Gasteiger partial charge in [-0.3, -0.25) is 4.79 Å². The normalized spacial score (nSPS) is 18.5. The van der Waals surface area contributed by atoms with Crippen LogP contribution in [0, 0.1) is 17.8 Å². The quantitative estimate of drug-likeness (QED) is 0.667. The fraction of sp³-hybridized carbons (Fsp3) is 0.933. The molecule has 0 fully saturated rings. The Morgan fingerprint density at radius 3 is 1.88 bits per heavy atom. The molecule has 2 nitrogen and oxygen atoms in total. The average Bonchev–Trinajstić information content (AvgIpc) is 2.24. The number of hydrogen-bond acceptors (Lipinski definition) is 2. The summed E-state index contributed by atoms with van der Waals surface area (Å²) in [4.78, 5) is 11.4. The lowest BCUT2D eigenvalue weighted by atomic mass is 9.86. The van der Waals surface area contributed by atoms with Gasteiger partial charge in [0.25, 0.3) is 0 Å². The van der Waals surface area contributed by atoms with Crippen molar-refractivity contribution in [1.29, 1.82) is 0 Å². The zero-order valence-electron chi connectivity index (χ0n) is 12.5. The number of Topliss-reactive ketones (excluding diaryl/α,β-unsaturated/α-hetero) is 1. The van der Waals surface area contributed by atoms with Crippen LogP contribution in [0.2, 0.25) is 0 Å². The van der Waals surface area contributed by atoms with Gasteiger partial charge in [-0.1, -0.05) is 34.1 Å². The first kappa shape index (κ1) is 16.6. The zero-order chi connectivity index (χ0) is 13.4. The fourth-order valence-electron chi connectivity index (χ4n) is 2.62. The van der Waals surface area contributed by atoms with E-state index in [0.29, 0.717) is 5.92 Å². The number of carbonyl (C=O) groups is 1. The number of ketones is 1. The van der Waals surface area contributed by atoms with Crippen molar-refractivity contribution in [2.45, 2.75) is 66.3 Å². The predicted octanol–water partition coefficient (Wildman–Crippen LogP) is 3.65. The Kier molecular flexibility index (Phi) is 8.49. The van der Waals surface area contributed by atoms with Crippen LogP contribution in [0.1, 0.15) is 60.3 Å². The van der Waals surface area contributed by atoms with E-state index in [1.165, 1.54) is 19.3 Å². The molecule has 0 aliphatic carbocycles. The molecule has 0 saturated carbocycles. The average molecular weight is 241 g/mol. The lowest BCUT2D eigenvalue weighted by Gasteiger charge is -2.22. The second-order valence-corrected chi connectivity index (χ2v) is 5.88. The molecule has 102 valence electrons. The summed E-state index contributed by atoms with van der Waals surface area (Å²) in [5.41, 5.74) is 0. The Morgan fingerprint density at radius 1 is 1.00 bits per heavy atom. The Hall–Kier alpha value is -0.370. The molecule has 0 radical (unpaired) electrons. The standard InChI is InChI=1S/C15H31NO/c1-7-11(2)8-12(3)9-13(4)10-15(16-6)14(5)17/h11-13,15-16H,7-10H2,1-6H3/t11-,12-,13-,15-/m0/s1. The second kappa shape index (κ2) is 8.68. The molecule has 0 unspecified atom stereocenters. The largest absolute Gasteiger partial charge is 0.311 e. The van der Waals surface area contributed by atoms with Crippen LogP contribution in [0.4, 0.5) is 0 Å². The number of likely N-dealkylation sites (N-methyl/N-ethyl adjacent to an activating group) is 1. The Bertz CT molecular complexity index is 215. The first-order valence-electron chi connectivity index (χ1n) is 7.08. The van der Waals surface area contributed by atoms with Crippen molar-refractivity contribution < 1.29 is 4.79 Å². The molecule has 0 aromatic rings. The van der Waals surface area contributed by atoms with Gasteiger partial charge in [0, 0.05) is 0 Å². The van der Waals surface area contributed by atoms with Gasteiger partial charge in [0.1, 0.15) is 5.78 Å². The monoisotopic (exact) mass is 241 g/mol. The molecular weight excluding hydrogens is 210 g/mol. The van der Waals surface area contributed by atoms with Gasteiger partial charge in [0.05, 0.1) is 6.04 Å². The smallest absolute Gasteiger partial charge is 0.146 e. The lowest BCUT2D eigenvalue weighted by Crippen LogP contribution is -2.34. The topological polar surface area (TPSA) is 29.1 Å². The van der Waals surface area contributed by atoms with E-state index in [1.807, 2.05) is 7.05 Å². The summed E-state index contributed by atoms with van der Waals surface area (Å²) in [6, 6.07) is 0.0424. The molecule has 0 bridgehead atoms. The Balaban J connectivity index is 3.99. The number of carbonyl (C=O) groups excluding carboxylic acids is 1. The highest BCUT2D eigenvalue weighted by Gasteiger charge is 2.18. The minimum atomic E-state index is 0.0424. The van der Waals surface area contributed by atoms with Crippen molar-refractivity contribution in [2.75, 3.05) is 7.05 Å². The van der Waals surface area contributed by atoms with E-state index in [-0.39, 0.29) is 11.8 Å². The van der Waals surface area contributed by atoms with Crippen LogP contribution in [0.15, 0.2) is 0 Å². The Morgan fingerprint density at radius 2 is 1.47 bits per heavy atom. The van der Waals surface area contributed by atoms with Gasteiger partial charge < -0.3 is 5.32 Å². The third kappa shape index (κ3) is 7.54. The van der Waals surface area contributed by atoms with Crippen molar-refractivity contribution >= 4 is 5.78 Å². The van der Waals surface area contributed by atoms with Gasteiger partial charge in [-0.05, 0) is 51.0 Å². The summed E-state index contributed by atoms with van der Waals surface area (Å²) >= 11 is 0. The van der Waals surface area contributed by atoms with Gasteiger partial charge in [-0.2, -0.15) is 0 Å². The third-order valence-corrected chi connectivity index (χ3v) is 3.78. The number of nitrogens with one attached hydrogen (secondary N) is 1. The van der Waals surface area contributed by atoms with E-state index in [0.717, 1.165) is 18.3 Å². The van der Waals surface area contributed by atoms with E-state index in [4.69, 9.17) is 0 Å². The van der Waals surface area contributed by atoms with E-state index < -0.39 is 0 Å². The van der Waals surface area contributed by atoms with Crippen LogP contribution >= 0.6 is 0 Å². The summed E-state index contributed by atoms with van der Waals surface area (Å²) < 4.78 is 0. The maximum Gasteiger partial charge on any atom is 0.146 e. The van der Waals surface area contributed by atoms with Crippen LogP contribution in [-0.2, 0) is 4.79 Å². The molecule has 0 amide bonds. The van der Waals surface area contributed by atoms with Crippen molar-refractivity contribution in [3.8, 4) is 0 Å². The minimum absolute atomic E-state index is 0.0424. The molecule has 2 heteroatoms. The summed E-state index contributed by atoms with van der Waals surface area (Å²) in [5, 5.41) is 3.11. The van der Waals surface area contributed by atoms with Crippen LogP contribution < -0.4 is 5.32 Å². The molecule has 0 heterocycles. The van der Waals surface area contributed by atoms with E-state index >= 15 is 0 Å². The fourth-order valence-corrected chi connectivity index (χ4v) is 2.62. The van der Waals surface area contributed by atoms with Gasteiger partial charge in [-0.25, -0.2) is 0 Å². The molecule has 0 aliphatic heterocycles. The molecule has 0 rings (SSSR count). The molecule has 17 heavy (non-hydrogen) atoms. The molecule has 0 saturated heterocycles. The highest BCUT2D eigenvalue weighted by Crippen LogP contribution is 2.23. The van der Waals surface area contributed by atoms with Crippen LogP contribution in [0.3, 0.4) is 0 Å². The van der Waals surface area contributed by atoms with Crippen LogP contribution in [0.25, 0.3) is 0 Å². The van der Waals surface area contributed by atoms with Crippen molar-refractivity contribution in [3.05, 3.63) is 0 Å². The molecule has 0 aromatic carbocycles.